The molecule has 1 fully saturated rings. The summed E-state index contributed by atoms with van der Waals surface area (Å²) in [5.74, 6) is 0.606. The van der Waals surface area contributed by atoms with Gasteiger partial charge in [0.15, 0.2) is 9.84 Å². The van der Waals surface area contributed by atoms with Crippen LogP contribution in [0.5, 0.6) is 0 Å². The molecule has 0 aromatic carbocycles. The van der Waals surface area contributed by atoms with E-state index in [2.05, 4.69) is 37.9 Å². The number of nitrogens with zero attached hydrogens (tertiary/aromatic N) is 1. The van der Waals surface area contributed by atoms with Crippen molar-refractivity contribution in [3.05, 3.63) is 0 Å². The third-order valence-corrected chi connectivity index (χ3v) is 5.65. The number of piperazine rings is 1. The minimum Gasteiger partial charge on any atom is -0.311 e. The quantitative estimate of drug-likeness (QED) is 0.834. The van der Waals surface area contributed by atoms with Gasteiger partial charge in [-0.05, 0) is 18.8 Å². The van der Waals surface area contributed by atoms with Crippen LogP contribution < -0.4 is 5.32 Å². The highest BCUT2D eigenvalue weighted by Crippen LogP contribution is 2.26. The first kappa shape index (κ1) is 16.9. The SMILES string of the molecule is CCCS(=O)(=O)CCN1CC(C)NCC1C(C)(C)C. The van der Waals surface area contributed by atoms with Gasteiger partial charge in [0.2, 0.25) is 0 Å². The molecule has 1 aliphatic rings. The fraction of sp³-hybridized carbons (Fsp3) is 1.00. The monoisotopic (exact) mass is 290 g/mol. The van der Waals surface area contributed by atoms with Crippen molar-refractivity contribution in [1.29, 1.82) is 0 Å². The zero-order valence-corrected chi connectivity index (χ0v) is 13.9. The van der Waals surface area contributed by atoms with Gasteiger partial charge in [0.25, 0.3) is 0 Å². The lowest BCUT2D eigenvalue weighted by Gasteiger charge is -2.45. The normalized spacial score (nSPS) is 26.6. The summed E-state index contributed by atoms with van der Waals surface area (Å²) < 4.78 is 23.7. The Hall–Kier alpha value is -0.130. The molecule has 2 unspecified atom stereocenters. The van der Waals surface area contributed by atoms with Gasteiger partial charge in [-0.15, -0.1) is 0 Å². The molecule has 1 heterocycles. The molecule has 4 nitrogen and oxygen atoms in total. The first-order valence-electron chi connectivity index (χ1n) is 7.33. The number of nitrogens with one attached hydrogen (secondary N) is 1. The summed E-state index contributed by atoms with van der Waals surface area (Å²) in [6.45, 7) is 13.3. The van der Waals surface area contributed by atoms with Gasteiger partial charge in [-0.3, -0.25) is 4.90 Å². The molecule has 1 rings (SSSR count). The Morgan fingerprint density at radius 3 is 2.42 bits per heavy atom. The highest BCUT2D eigenvalue weighted by atomic mass is 32.2. The Labute approximate surface area is 118 Å². The van der Waals surface area contributed by atoms with Gasteiger partial charge in [-0.2, -0.15) is 0 Å². The average Bonchev–Trinajstić information content (AvgIpc) is 2.25. The molecule has 1 saturated heterocycles. The molecular weight excluding hydrogens is 260 g/mol. The second kappa shape index (κ2) is 6.55. The predicted molar refractivity (Wildman–Crippen MR) is 81.2 cm³/mol. The van der Waals surface area contributed by atoms with Gasteiger partial charge in [0.1, 0.15) is 0 Å². The summed E-state index contributed by atoms with van der Waals surface area (Å²) >= 11 is 0. The van der Waals surface area contributed by atoms with Gasteiger partial charge in [0.05, 0.1) is 5.75 Å². The van der Waals surface area contributed by atoms with Gasteiger partial charge in [-0.25, -0.2) is 8.42 Å². The molecule has 1 N–H and O–H groups in total. The van der Waals surface area contributed by atoms with E-state index in [1.165, 1.54) is 0 Å². The van der Waals surface area contributed by atoms with Crippen molar-refractivity contribution in [3.63, 3.8) is 0 Å². The van der Waals surface area contributed by atoms with Gasteiger partial charge in [0, 0.05) is 37.5 Å². The van der Waals surface area contributed by atoms with Crippen molar-refractivity contribution >= 4 is 9.84 Å². The number of hydrogen-bond donors (Lipinski definition) is 1. The Morgan fingerprint density at radius 1 is 1.26 bits per heavy atom. The highest BCUT2D eigenvalue weighted by molar-refractivity contribution is 7.91. The molecule has 1 aliphatic heterocycles. The molecular formula is C14H30N2O2S. The fourth-order valence-corrected chi connectivity index (χ4v) is 4.09. The second-order valence-electron chi connectivity index (χ2n) is 6.84. The molecule has 0 amide bonds. The van der Waals surface area contributed by atoms with E-state index in [9.17, 15) is 8.42 Å². The van der Waals surface area contributed by atoms with Crippen molar-refractivity contribution in [3.8, 4) is 0 Å². The molecule has 0 bridgehead atoms. The third-order valence-electron chi connectivity index (χ3n) is 3.81. The standard InChI is InChI=1S/C14H30N2O2S/c1-6-8-19(17,18)9-7-16-11-12(2)15-10-13(16)14(3,4)5/h12-13,15H,6-11H2,1-5H3. The largest absolute Gasteiger partial charge is 0.311 e. The van der Waals surface area contributed by atoms with Crippen LogP contribution in [0, 0.1) is 5.41 Å². The summed E-state index contributed by atoms with van der Waals surface area (Å²) in [5.41, 5.74) is 0.168. The molecule has 114 valence electrons. The van der Waals surface area contributed by atoms with Crippen LogP contribution in [0.4, 0.5) is 0 Å². The maximum Gasteiger partial charge on any atom is 0.151 e. The van der Waals surface area contributed by atoms with E-state index in [0.717, 1.165) is 13.1 Å². The zero-order chi connectivity index (χ0) is 14.7. The topological polar surface area (TPSA) is 49.4 Å². The lowest BCUT2D eigenvalue weighted by Crippen LogP contribution is -2.60. The van der Waals surface area contributed by atoms with E-state index < -0.39 is 9.84 Å². The van der Waals surface area contributed by atoms with Crippen LogP contribution in [0.15, 0.2) is 0 Å². The maximum atomic E-state index is 11.9. The van der Waals surface area contributed by atoms with Crippen LogP contribution in [0.25, 0.3) is 0 Å². The first-order valence-corrected chi connectivity index (χ1v) is 9.15. The number of rotatable bonds is 5. The van der Waals surface area contributed by atoms with E-state index >= 15 is 0 Å². The van der Waals surface area contributed by atoms with Crippen LogP contribution in [-0.4, -0.2) is 56.5 Å². The van der Waals surface area contributed by atoms with Crippen LogP contribution in [0.2, 0.25) is 0 Å². The van der Waals surface area contributed by atoms with Crippen molar-refractivity contribution < 1.29 is 8.42 Å². The molecule has 0 aromatic rings. The molecule has 0 spiro atoms. The third kappa shape index (κ3) is 5.40. The van der Waals surface area contributed by atoms with E-state index in [0.29, 0.717) is 36.6 Å². The summed E-state index contributed by atoms with van der Waals surface area (Å²) in [6.07, 6.45) is 0.711. The molecule has 19 heavy (non-hydrogen) atoms. The first-order chi connectivity index (χ1) is 8.65. The van der Waals surface area contributed by atoms with Crippen molar-refractivity contribution in [2.45, 2.75) is 53.1 Å². The molecule has 5 heteroatoms. The Balaban J connectivity index is 2.66. The summed E-state index contributed by atoms with van der Waals surface area (Å²) in [6, 6.07) is 0.841. The van der Waals surface area contributed by atoms with Crippen molar-refractivity contribution in [2.24, 2.45) is 5.41 Å². The molecule has 0 saturated carbocycles. The average molecular weight is 290 g/mol. The van der Waals surface area contributed by atoms with Crippen LogP contribution in [0.1, 0.15) is 41.0 Å². The summed E-state index contributed by atoms with van der Waals surface area (Å²) in [4.78, 5) is 2.36. The van der Waals surface area contributed by atoms with Crippen molar-refractivity contribution in [2.75, 3.05) is 31.1 Å². The van der Waals surface area contributed by atoms with Gasteiger partial charge in [-0.1, -0.05) is 27.7 Å². The van der Waals surface area contributed by atoms with Gasteiger partial charge >= 0.3 is 0 Å². The van der Waals surface area contributed by atoms with Crippen LogP contribution >= 0.6 is 0 Å². The number of hydrogen-bond acceptors (Lipinski definition) is 4. The predicted octanol–water partition coefficient (Wildman–Crippen LogP) is 1.52. The van der Waals surface area contributed by atoms with Gasteiger partial charge < -0.3 is 5.32 Å². The smallest absolute Gasteiger partial charge is 0.151 e. The van der Waals surface area contributed by atoms with Crippen LogP contribution in [0.3, 0.4) is 0 Å². The van der Waals surface area contributed by atoms with E-state index in [1.807, 2.05) is 6.92 Å². The van der Waals surface area contributed by atoms with E-state index in [-0.39, 0.29) is 5.41 Å². The highest BCUT2D eigenvalue weighted by Gasteiger charge is 2.34. The Kier molecular flexibility index (Phi) is 5.83. The lowest BCUT2D eigenvalue weighted by molar-refractivity contribution is 0.0645. The van der Waals surface area contributed by atoms with E-state index in [1.54, 1.807) is 0 Å². The molecule has 0 aromatic heterocycles. The minimum atomic E-state index is -2.88. The lowest BCUT2D eigenvalue weighted by atomic mass is 9.84. The molecule has 2 atom stereocenters. The van der Waals surface area contributed by atoms with Crippen LogP contribution in [-0.2, 0) is 9.84 Å². The van der Waals surface area contributed by atoms with Crippen molar-refractivity contribution in [1.82, 2.24) is 10.2 Å². The molecule has 0 aliphatic carbocycles. The fourth-order valence-electron chi connectivity index (χ4n) is 2.76. The second-order valence-corrected chi connectivity index (χ2v) is 9.14. The Morgan fingerprint density at radius 2 is 1.89 bits per heavy atom. The van der Waals surface area contributed by atoms with E-state index in [4.69, 9.17) is 0 Å². The summed E-state index contributed by atoms with van der Waals surface area (Å²) in [5, 5.41) is 3.50. The minimum absolute atomic E-state index is 0.168. The maximum absolute atomic E-state index is 11.9. The zero-order valence-electron chi connectivity index (χ0n) is 13.1. The summed E-state index contributed by atoms with van der Waals surface area (Å²) in [7, 11) is -2.88. The number of sulfone groups is 1. The Bertz CT molecular complexity index is 373. The molecule has 0 radical (unpaired) electrons.